The topological polar surface area (TPSA) is 50.2 Å². The van der Waals surface area contributed by atoms with Crippen LogP contribution in [0.25, 0.3) is 17.0 Å². The zero-order valence-electron chi connectivity index (χ0n) is 19.1. The number of halogens is 4. The van der Waals surface area contributed by atoms with E-state index >= 15 is 0 Å². The largest absolute Gasteiger partial charge is 0.333 e. The van der Waals surface area contributed by atoms with E-state index in [0.29, 0.717) is 33.3 Å². The highest BCUT2D eigenvalue weighted by Gasteiger charge is 2.27. The zero-order chi connectivity index (χ0) is 25.2. The van der Waals surface area contributed by atoms with E-state index in [9.17, 15) is 4.79 Å². The number of fused-ring (bicyclic) bond motifs is 3. The third kappa shape index (κ3) is 5.26. The van der Waals surface area contributed by atoms with Crippen molar-refractivity contribution >= 4 is 69.4 Å². The summed E-state index contributed by atoms with van der Waals surface area (Å²) in [4.78, 5) is 19.7. The SMILES string of the molecule is O=C(NCc1ccnc(Cl)c1)n1c2c(c3c(Cl)cccc31)CN(C/C=C/c1ccc(Cl)c(Cl)c1)CC2. The fourth-order valence-electron chi connectivity index (χ4n) is 4.57. The maximum absolute atomic E-state index is 13.3. The number of hydrogen-bond donors (Lipinski definition) is 1. The van der Waals surface area contributed by atoms with Crippen LogP contribution in [0.15, 0.2) is 60.8 Å². The number of rotatable bonds is 5. The molecule has 2 aromatic carbocycles. The van der Waals surface area contributed by atoms with Crippen molar-refractivity contribution in [3.8, 4) is 0 Å². The minimum absolute atomic E-state index is 0.190. The van der Waals surface area contributed by atoms with Crippen LogP contribution < -0.4 is 5.32 Å². The zero-order valence-corrected chi connectivity index (χ0v) is 22.2. The van der Waals surface area contributed by atoms with Gasteiger partial charge in [0.2, 0.25) is 0 Å². The van der Waals surface area contributed by atoms with Gasteiger partial charge in [0.05, 0.1) is 20.6 Å². The minimum atomic E-state index is -0.190. The van der Waals surface area contributed by atoms with Crippen LogP contribution >= 0.6 is 46.4 Å². The standard InChI is InChI=1S/C27H22Cl4N4O/c28-20-7-6-17(13-22(20)30)3-2-11-34-12-9-23-19(16-34)26-21(29)4-1-5-24(26)35(23)27(36)33-15-18-8-10-32-25(31)14-18/h1-8,10,13-14H,9,11-12,15-16H2,(H,33,36)/b3-2+. The first-order valence-corrected chi connectivity index (χ1v) is 12.9. The van der Waals surface area contributed by atoms with Crippen molar-refractivity contribution in [3.63, 3.8) is 0 Å². The lowest BCUT2D eigenvalue weighted by atomic mass is 10.0. The molecule has 36 heavy (non-hydrogen) atoms. The highest BCUT2D eigenvalue weighted by Crippen LogP contribution is 2.35. The predicted octanol–water partition coefficient (Wildman–Crippen LogP) is 7.48. The summed E-state index contributed by atoms with van der Waals surface area (Å²) >= 11 is 24.8. The first kappa shape index (κ1) is 25.1. The summed E-state index contributed by atoms with van der Waals surface area (Å²) in [5, 5.41) is 6.05. The van der Waals surface area contributed by atoms with E-state index in [2.05, 4.69) is 21.3 Å². The highest BCUT2D eigenvalue weighted by atomic mass is 35.5. The first-order chi connectivity index (χ1) is 17.4. The number of pyridine rings is 1. The van der Waals surface area contributed by atoms with Gasteiger partial charge in [0.25, 0.3) is 0 Å². The molecule has 4 aromatic rings. The third-order valence-electron chi connectivity index (χ3n) is 6.25. The van der Waals surface area contributed by atoms with Crippen molar-refractivity contribution in [2.24, 2.45) is 0 Å². The molecule has 0 atom stereocenters. The highest BCUT2D eigenvalue weighted by molar-refractivity contribution is 6.42. The molecule has 1 aliphatic heterocycles. The molecule has 1 amide bonds. The van der Waals surface area contributed by atoms with Gasteiger partial charge in [-0.3, -0.25) is 9.47 Å². The van der Waals surface area contributed by atoms with E-state index in [-0.39, 0.29) is 6.03 Å². The number of nitrogens with one attached hydrogen (secondary N) is 1. The Hall–Kier alpha value is -2.54. The quantitative estimate of drug-likeness (QED) is 0.258. The van der Waals surface area contributed by atoms with Gasteiger partial charge in [-0.1, -0.05) is 70.7 Å². The van der Waals surface area contributed by atoms with Gasteiger partial charge in [-0.15, -0.1) is 0 Å². The van der Waals surface area contributed by atoms with Gasteiger partial charge in [0.1, 0.15) is 5.15 Å². The van der Waals surface area contributed by atoms with Crippen molar-refractivity contribution in [3.05, 3.63) is 103 Å². The molecule has 1 aliphatic rings. The Balaban J connectivity index is 1.37. The molecule has 0 spiro atoms. The summed E-state index contributed by atoms with van der Waals surface area (Å²) in [5.74, 6) is 0. The fraction of sp³-hybridized carbons (Fsp3) is 0.185. The summed E-state index contributed by atoms with van der Waals surface area (Å²) in [5.41, 5.74) is 4.77. The van der Waals surface area contributed by atoms with Crippen molar-refractivity contribution < 1.29 is 4.79 Å². The molecule has 184 valence electrons. The normalized spacial score (nSPS) is 13.9. The Morgan fingerprint density at radius 2 is 1.89 bits per heavy atom. The van der Waals surface area contributed by atoms with E-state index in [1.807, 2.05) is 42.5 Å². The molecule has 9 heteroatoms. The van der Waals surface area contributed by atoms with Crippen LogP contribution in [0.2, 0.25) is 20.2 Å². The molecule has 0 unspecified atom stereocenters. The average molecular weight is 560 g/mol. The average Bonchev–Trinajstić information content (AvgIpc) is 3.20. The van der Waals surface area contributed by atoms with E-state index in [1.165, 1.54) is 0 Å². The predicted molar refractivity (Wildman–Crippen MR) is 148 cm³/mol. The van der Waals surface area contributed by atoms with Gasteiger partial charge in [0, 0.05) is 49.9 Å². The van der Waals surface area contributed by atoms with E-state index in [0.717, 1.165) is 52.8 Å². The smallest absolute Gasteiger partial charge is 0.326 e. The molecule has 5 nitrogen and oxygen atoms in total. The molecule has 3 heterocycles. The van der Waals surface area contributed by atoms with Crippen LogP contribution in [0.3, 0.4) is 0 Å². The number of nitrogens with zero attached hydrogens (tertiary/aromatic N) is 3. The van der Waals surface area contributed by atoms with Gasteiger partial charge in [-0.05, 0) is 53.1 Å². The van der Waals surface area contributed by atoms with Crippen LogP contribution in [0.4, 0.5) is 4.79 Å². The molecule has 0 bridgehead atoms. The number of hydrogen-bond acceptors (Lipinski definition) is 3. The molecular formula is C27H22Cl4N4O. The Morgan fingerprint density at radius 1 is 1.03 bits per heavy atom. The second-order valence-corrected chi connectivity index (χ2v) is 10.2. The second-order valence-electron chi connectivity index (χ2n) is 8.60. The van der Waals surface area contributed by atoms with Crippen LogP contribution in [0, 0.1) is 0 Å². The lowest BCUT2D eigenvalue weighted by molar-refractivity contribution is 0.240. The summed E-state index contributed by atoms with van der Waals surface area (Å²) < 4.78 is 1.77. The van der Waals surface area contributed by atoms with Crippen molar-refractivity contribution in [2.75, 3.05) is 13.1 Å². The summed E-state index contributed by atoms with van der Waals surface area (Å²) in [6.45, 7) is 2.62. The van der Waals surface area contributed by atoms with Gasteiger partial charge in [-0.2, -0.15) is 0 Å². The molecule has 5 rings (SSSR count). The van der Waals surface area contributed by atoms with Crippen LogP contribution in [-0.2, 0) is 19.5 Å². The van der Waals surface area contributed by atoms with Crippen LogP contribution in [0.1, 0.15) is 22.4 Å². The molecule has 0 saturated carbocycles. The monoisotopic (exact) mass is 558 g/mol. The van der Waals surface area contributed by atoms with Gasteiger partial charge >= 0.3 is 6.03 Å². The maximum atomic E-state index is 13.3. The number of carbonyl (C=O) groups is 1. The number of aromatic nitrogens is 2. The summed E-state index contributed by atoms with van der Waals surface area (Å²) in [6, 6.07) is 14.6. The molecule has 0 radical (unpaired) electrons. The number of carbonyl (C=O) groups excluding carboxylic acids is 1. The van der Waals surface area contributed by atoms with Gasteiger partial charge in [-0.25, -0.2) is 9.78 Å². The Kier molecular flexibility index (Phi) is 7.56. The van der Waals surface area contributed by atoms with Crippen molar-refractivity contribution in [1.82, 2.24) is 19.8 Å². The van der Waals surface area contributed by atoms with Crippen molar-refractivity contribution in [2.45, 2.75) is 19.5 Å². The van der Waals surface area contributed by atoms with E-state index < -0.39 is 0 Å². The summed E-state index contributed by atoms with van der Waals surface area (Å²) in [6.07, 6.45) is 6.50. The summed E-state index contributed by atoms with van der Waals surface area (Å²) in [7, 11) is 0. The molecule has 2 aromatic heterocycles. The second kappa shape index (κ2) is 10.8. The maximum Gasteiger partial charge on any atom is 0.326 e. The molecular weight excluding hydrogens is 538 g/mol. The first-order valence-electron chi connectivity index (χ1n) is 11.4. The lowest BCUT2D eigenvalue weighted by Gasteiger charge is -2.27. The van der Waals surface area contributed by atoms with Crippen molar-refractivity contribution in [1.29, 1.82) is 0 Å². The van der Waals surface area contributed by atoms with Crippen LogP contribution in [-0.4, -0.2) is 33.6 Å². The number of benzene rings is 2. The molecule has 1 N–H and O–H groups in total. The van der Waals surface area contributed by atoms with E-state index in [4.69, 9.17) is 46.4 Å². The fourth-order valence-corrected chi connectivity index (χ4v) is 5.36. The molecule has 0 aliphatic carbocycles. The Labute approximate surface area is 229 Å². The molecule has 0 fully saturated rings. The minimum Gasteiger partial charge on any atom is -0.333 e. The Bertz CT molecular complexity index is 1480. The number of amides is 1. The lowest BCUT2D eigenvalue weighted by Crippen LogP contribution is -2.34. The van der Waals surface area contributed by atoms with E-state index in [1.54, 1.807) is 22.9 Å². The molecule has 0 saturated heterocycles. The third-order valence-corrected chi connectivity index (χ3v) is 7.52. The van der Waals surface area contributed by atoms with Crippen LogP contribution in [0.5, 0.6) is 0 Å². The van der Waals surface area contributed by atoms with Gasteiger partial charge < -0.3 is 5.32 Å². The Morgan fingerprint density at radius 3 is 2.69 bits per heavy atom. The van der Waals surface area contributed by atoms with Gasteiger partial charge in [0.15, 0.2) is 0 Å².